The van der Waals surface area contributed by atoms with Gasteiger partial charge in [-0.25, -0.2) is 0 Å². The number of piperazine rings is 1. The Morgan fingerprint density at radius 1 is 1.48 bits per heavy atom. The first-order valence-electron chi connectivity index (χ1n) is 7.70. The van der Waals surface area contributed by atoms with Crippen LogP contribution in [0.5, 0.6) is 0 Å². The molecule has 0 unspecified atom stereocenters. The molecule has 1 amide bonds. The van der Waals surface area contributed by atoms with Gasteiger partial charge in [0.1, 0.15) is 11.6 Å². The Kier molecular flexibility index (Phi) is 8.48. The van der Waals surface area contributed by atoms with Crippen LogP contribution in [0.1, 0.15) is 19.8 Å². The Morgan fingerprint density at radius 2 is 2.19 bits per heavy atom. The maximum Gasteiger partial charge on any atom is 0.263 e. The molecule has 6 heteroatoms. The molecule has 1 saturated heterocycles. The lowest BCUT2D eigenvalue weighted by Crippen LogP contribution is -2.46. The molecule has 1 fully saturated rings. The number of hydrogen-bond acceptors (Lipinski definition) is 5. The van der Waals surface area contributed by atoms with Crippen LogP contribution < -0.4 is 10.6 Å². The van der Waals surface area contributed by atoms with Crippen LogP contribution in [0.15, 0.2) is 11.8 Å². The Balaban J connectivity index is 2.33. The first-order valence-corrected chi connectivity index (χ1v) is 7.70. The van der Waals surface area contributed by atoms with Crippen LogP contribution >= 0.6 is 0 Å². The van der Waals surface area contributed by atoms with Gasteiger partial charge >= 0.3 is 0 Å². The summed E-state index contributed by atoms with van der Waals surface area (Å²) in [5.41, 5.74) is 0.175. The molecule has 1 aliphatic rings. The maximum atomic E-state index is 12.0. The third-order valence-electron chi connectivity index (χ3n) is 3.50. The second-order valence-electron chi connectivity index (χ2n) is 5.34. The van der Waals surface area contributed by atoms with Crippen LogP contribution in [-0.4, -0.2) is 68.6 Å². The van der Waals surface area contributed by atoms with Crippen LogP contribution in [0.25, 0.3) is 0 Å². The fraction of sp³-hybridized carbons (Fsp3) is 0.733. The molecule has 0 saturated carbocycles. The quantitative estimate of drug-likeness (QED) is 0.492. The van der Waals surface area contributed by atoms with E-state index in [2.05, 4.69) is 22.5 Å². The van der Waals surface area contributed by atoms with Gasteiger partial charge in [0, 0.05) is 59.1 Å². The van der Waals surface area contributed by atoms with Crippen molar-refractivity contribution in [2.24, 2.45) is 0 Å². The van der Waals surface area contributed by atoms with E-state index in [-0.39, 0.29) is 11.5 Å². The van der Waals surface area contributed by atoms with Crippen molar-refractivity contribution in [2.45, 2.75) is 19.8 Å². The summed E-state index contributed by atoms with van der Waals surface area (Å²) in [5, 5.41) is 15.2. The summed E-state index contributed by atoms with van der Waals surface area (Å²) in [6, 6.07) is 1.98. The Hall–Kier alpha value is -1.58. The SMILES string of the molecule is CCCCN(C)/C=C(/C#N)C(=O)NCCN1CCNCC1. The summed E-state index contributed by atoms with van der Waals surface area (Å²) in [7, 11) is 1.89. The number of nitrogens with one attached hydrogen (secondary N) is 2. The minimum atomic E-state index is -0.281. The molecule has 0 spiro atoms. The standard InChI is InChI=1S/C15H27N5O/c1-3-4-8-19(2)13-14(12-16)15(21)18-7-11-20-9-5-17-6-10-20/h13,17H,3-11H2,1-2H3,(H,18,21)/b14-13-. The molecule has 0 aromatic rings. The van der Waals surface area contributed by atoms with E-state index in [1.165, 1.54) is 0 Å². The third kappa shape index (κ3) is 7.11. The molecule has 1 rings (SSSR count). The summed E-state index contributed by atoms with van der Waals surface area (Å²) in [6.45, 7) is 8.40. The van der Waals surface area contributed by atoms with Crippen molar-refractivity contribution in [3.05, 3.63) is 11.8 Å². The van der Waals surface area contributed by atoms with Gasteiger partial charge in [-0.3, -0.25) is 9.69 Å². The highest BCUT2D eigenvalue weighted by atomic mass is 16.1. The predicted molar refractivity (Wildman–Crippen MR) is 83.6 cm³/mol. The molecular weight excluding hydrogens is 266 g/mol. The third-order valence-corrected chi connectivity index (χ3v) is 3.50. The van der Waals surface area contributed by atoms with E-state index in [0.717, 1.165) is 52.1 Å². The van der Waals surface area contributed by atoms with Crippen molar-refractivity contribution >= 4 is 5.91 Å². The van der Waals surface area contributed by atoms with Crippen LogP contribution in [0, 0.1) is 11.3 Å². The molecule has 1 heterocycles. The fourth-order valence-corrected chi connectivity index (χ4v) is 2.19. The normalized spacial score (nSPS) is 16.3. The molecule has 0 atom stereocenters. The summed E-state index contributed by atoms with van der Waals surface area (Å²) in [5.74, 6) is -0.281. The van der Waals surface area contributed by atoms with Crippen LogP contribution in [0.3, 0.4) is 0 Å². The van der Waals surface area contributed by atoms with Gasteiger partial charge in [0.2, 0.25) is 0 Å². The maximum absolute atomic E-state index is 12.0. The monoisotopic (exact) mass is 293 g/mol. The van der Waals surface area contributed by atoms with Gasteiger partial charge in [0.15, 0.2) is 0 Å². The second kappa shape index (κ2) is 10.2. The van der Waals surface area contributed by atoms with Gasteiger partial charge in [0.05, 0.1) is 0 Å². The van der Waals surface area contributed by atoms with E-state index < -0.39 is 0 Å². The minimum Gasteiger partial charge on any atom is -0.379 e. The Labute approximate surface area is 127 Å². The van der Waals surface area contributed by atoms with Gasteiger partial charge < -0.3 is 15.5 Å². The minimum absolute atomic E-state index is 0.175. The number of carbonyl (C=O) groups excluding carboxylic acids is 1. The molecule has 6 nitrogen and oxygen atoms in total. The zero-order valence-electron chi connectivity index (χ0n) is 13.2. The van der Waals surface area contributed by atoms with E-state index in [9.17, 15) is 4.79 Å². The lowest BCUT2D eigenvalue weighted by atomic mass is 10.2. The molecule has 118 valence electrons. The highest BCUT2D eigenvalue weighted by Gasteiger charge is 2.12. The van der Waals surface area contributed by atoms with Crippen LogP contribution in [0.2, 0.25) is 0 Å². The molecule has 0 aromatic heterocycles. The fourth-order valence-electron chi connectivity index (χ4n) is 2.19. The van der Waals surface area contributed by atoms with Crippen molar-refractivity contribution in [3.8, 4) is 6.07 Å². The number of unbranched alkanes of at least 4 members (excludes halogenated alkanes) is 1. The van der Waals surface area contributed by atoms with Gasteiger partial charge in [0.25, 0.3) is 5.91 Å². The van der Waals surface area contributed by atoms with Gasteiger partial charge in [-0.2, -0.15) is 5.26 Å². The largest absolute Gasteiger partial charge is 0.379 e. The highest BCUT2D eigenvalue weighted by Crippen LogP contribution is 1.99. The average Bonchev–Trinajstić information content (AvgIpc) is 2.51. The molecule has 1 aliphatic heterocycles. The summed E-state index contributed by atoms with van der Waals surface area (Å²) < 4.78 is 0. The molecule has 21 heavy (non-hydrogen) atoms. The molecule has 0 aromatic carbocycles. The number of rotatable bonds is 8. The van der Waals surface area contributed by atoms with Crippen molar-refractivity contribution in [1.82, 2.24) is 20.4 Å². The van der Waals surface area contributed by atoms with E-state index in [0.29, 0.717) is 6.54 Å². The summed E-state index contributed by atoms with van der Waals surface area (Å²) >= 11 is 0. The van der Waals surface area contributed by atoms with Crippen molar-refractivity contribution in [2.75, 3.05) is 52.9 Å². The summed E-state index contributed by atoms with van der Waals surface area (Å²) in [4.78, 5) is 16.2. The number of carbonyl (C=O) groups is 1. The molecule has 0 aliphatic carbocycles. The van der Waals surface area contributed by atoms with E-state index >= 15 is 0 Å². The first-order chi connectivity index (χ1) is 10.2. The Bertz CT molecular complexity index is 382. The van der Waals surface area contributed by atoms with Gasteiger partial charge in [-0.15, -0.1) is 0 Å². The number of hydrogen-bond donors (Lipinski definition) is 2. The molecule has 0 radical (unpaired) electrons. The molecule has 2 N–H and O–H groups in total. The lowest BCUT2D eigenvalue weighted by molar-refractivity contribution is -0.117. The Morgan fingerprint density at radius 3 is 2.81 bits per heavy atom. The smallest absolute Gasteiger partial charge is 0.263 e. The van der Waals surface area contributed by atoms with E-state index in [1.807, 2.05) is 18.0 Å². The van der Waals surface area contributed by atoms with E-state index in [1.54, 1.807) is 6.20 Å². The van der Waals surface area contributed by atoms with E-state index in [4.69, 9.17) is 5.26 Å². The highest BCUT2D eigenvalue weighted by molar-refractivity contribution is 5.97. The van der Waals surface area contributed by atoms with Crippen molar-refractivity contribution in [1.29, 1.82) is 5.26 Å². The van der Waals surface area contributed by atoms with Gasteiger partial charge in [-0.05, 0) is 6.42 Å². The lowest BCUT2D eigenvalue weighted by Gasteiger charge is -2.27. The second-order valence-corrected chi connectivity index (χ2v) is 5.34. The molecular formula is C15H27N5O. The van der Waals surface area contributed by atoms with Crippen LogP contribution in [0.4, 0.5) is 0 Å². The molecule has 0 bridgehead atoms. The summed E-state index contributed by atoms with van der Waals surface area (Å²) in [6.07, 6.45) is 3.78. The zero-order chi connectivity index (χ0) is 15.5. The first kappa shape index (κ1) is 17.5. The topological polar surface area (TPSA) is 71.4 Å². The number of nitrogens with zero attached hydrogens (tertiary/aromatic N) is 3. The average molecular weight is 293 g/mol. The van der Waals surface area contributed by atoms with Crippen molar-refractivity contribution < 1.29 is 4.79 Å². The number of amides is 1. The predicted octanol–water partition coefficient (Wildman–Crippen LogP) is 0.147. The number of nitriles is 1. The van der Waals surface area contributed by atoms with Crippen molar-refractivity contribution in [3.63, 3.8) is 0 Å². The van der Waals surface area contributed by atoms with Gasteiger partial charge in [-0.1, -0.05) is 13.3 Å². The zero-order valence-corrected chi connectivity index (χ0v) is 13.2. The van der Waals surface area contributed by atoms with Crippen LogP contribution in [-0.2, 0) is 4.79 Å².